The number of carbonyl (C=O) groups is 1. The van der Waals surface area contributed by atoms with Gasteiger partial charge in [-0.2, -0.15) is 4.31 Å². The molecule has 1 aliphatic heterocycles. The Bertz CT molecular complexity index is 1170. The molecule has 2 aromatic carbocycles. The third kappa shape index (κ3) is 3.58. The number of hydrogen-bond donors (Lipinski definition) is 1. The fourth-order valence-corrected chi connectivity index (χ4v) is 5.69. The van der Waals surface area contributed by atoms with Gasteiger partial charge in [-0.25, -0.2) is 8.42 Å². The van der Waals surface area contributed by atoms with Crippen LogP contribution in [0.25, 0.3) is 21.9 Å². The lowest BCUT2D eigenvalue weighted by atomic mass is 10.1. The molecule has 4 rings (SSSR count). The molecule has 0 radical (unpaired) electrons. The molecule has 1 N–H and O–H groups in total. The molecule has 1 aromatic heterocycles. The molecule has 7 nitrogen and oxygen atoms in total. The summed E-state index contributed by atoms with van der Waals surface area (Å²) in [5.41, 5.74) is 1.84. The van der Waals surface area contributed by atoms with E-state index in [1.165, 1.54) is 11.4 Å². The third-order valence-electron chi connectivity index (χ3n) is 5.28. The fraction of sp³-hybridized carbons (Fsp3) is 0.381. The zero-order chi connectivity index (χ0) is 20.6. The van der Waals surface area contributed by atoms with Crippen LogP contribution in [0.1, 0.15) is 26.2 Å². The first-order chi connectivity index (χ1) is 13.9. The van der Waals surface area contributed by atoms with Gasteiger partial charge < -0.3 is 14.5 Å². The number of anilines is 1. The predicted octanol–water partition coefficient (Wildman–Crippen LogP) is 3.74. The number of fused-ring (bicyclic) bond motifs is 3. The monoisotopic (exact) mass is 416 g/mol. The van der Waals surface area contributed by atoms with Gasteiger partial charge in [-0.1, -0.05) is 25.1 Å². The first-order valence-electron chi connectivity index (χ1n) is 9.74. The van der Waals surface area contributed by atoms with Crippen LogP contribution in [0.4, 0.5) is 5.69 Å². The van der Waals surface area contributed by atoms with Crippen molar-refractivity contribution in [2.24, 2.45) is 0 Å². The zero-order valence-electron chi connectivity index (χ0n) is 16.5. The number of furan rings is 1. The van der Waals surface area contributed by atoms with Crippen LogP contribution in [-0.4, -0.2) is 44.1 Å². The minimum absolute atomic E-state index is 0.0467. The molecular formula is C21H24N2O5S. The second-order valence-electron chi connectivity index (χ2n) is 7.22. The molecule has 0 saturated carbocycles. The van der Waals surface area contributed by atoms with E-state index in [1.54, 1.807) is 6.07 Å². The summed E-state index contributed by atoms with van der Waals surface area (Å²) in [5.74, 6) is 0.194. The van der Waals surface area contributed by atoms with Crippen LogP contribution >= 0.6 is 0 Å². The van der Waals surface area contributed by atoms with E-state index in [9.17, 15) is 13.2 Å². The van der Waals surface area contributed by atoms with Crippen LogP contribution in [0.3, 0.4) is 0 Å². The van der Waals surface area contributed by atoms with E-state index in [4.69, 9.17) is 9.15 Å². The maximum absolute atomic E-state index is 12.9. The van der Waals surface area contributed by atoms with E-state index >= 15 is 0 Å². The number of carbonyl (C=O) groups excluding carboxylic acids is 1. The molecule has 1 aliphatic rings. The summed E-state index contributed by atoms with van der Waals surface area (Å²) in [6.07, 6.45) is 1.69. The van der Waals surface area contributed by atoms with Crippen LogP contribution in [0, 0.1) is 0 Å². The number of benzene rings is 2. The Hall–Kier alpha value is -2.58. The van der Waals surface area contributed by atoms with E-state index < -0.39 is 16.1 Å². The quantitative estimate of drug-likeness (QED) is 0.661. The summed E-state index contributed by atoms with van der Waals surface area (Å²) in [6.45, 7) is 2.19. The van der Waals surface area contributed by atoms with Gasteiger partial charge in [-0.05, 0) is 31.4 Å². The van der Waals surface area contributed by atoms with Crippen molar-refractivity contribution in [1.82, 2.24) is 4.31 Å². The van der Waals surface area contributed by atoms with Crippen molar-refractivity contribution in [1.29, 1.82) is 0 Å². The number of ether oxygens (including phenoxy) is 1. The summed E-state index contributed by atoms with van der Waals surface area (Å²) in [7, 11) is -1.91. The van der Waals surface area contributed by atoms with Crippen LogP contribution in [0.2, 0.25) is 0 Å². The number of nitrogens with zero attached hydrogens (tertiary/aromatic N) is 1. The first kappa shape index (κ1) is 19.7. The van der Waals surface area contributed by atoms with Gasteiger partial charge in [0, 0.05) is 23.4 Å². The number of para-hydroxylation sites is 1. The fourth-order valence-electron chi connectivity index (χ4n) is 3.94. The molecule has 0 bridgehead atoms. The molecule has 1 saturated heterocycles. The Labute approximate surface area is 169 Å². The van der Waals surface area contributed by atoms with Crippen LogP contribution in [-0.2, 0) is 14.8 Å². The summed E-state index contributed by atoms with van der Waals surface area (Å²) in [6, 6.07) is 10.5. The summed E-state index contributed by atoms with van der Waals surface area (Å²) < 4.78 is 37.7. The lowest BCUT2D eigenvalue weighted by Crippen LogP contribution is -2.44. The molecule has 154 valence electrons. The van der Waals surface area contributed by atoms with Gasteiger partial charge in [0.15, 0.2) is 0 Å². The highest BCUT2D eigenvalue weighted by atomic mass is 32.2. The van der Waals surface area contributed by atoms with Crippen LogP contribution < -0.4 is 10.1 Å². The topological polar surface area (TPSA) is 88.9 Å². The van der Waals surface area contributed by atoms with Crippen LogP contribution in [0.5, 0.6) is 5.75 Å². The minimum atomic E-state index is -3.44. The van der Waals surface area contributed by atoms with Gasteiger partial charge in [-0.15, -0.1) is 0 Å². The number of methoxy groups -OCH3 is 1. The number of nitrogens with one attached hydrogen (secondary N) is 1. The van der Waals surface area contributed by atoms with Gasteiger partial charge in [0.25, 0.3) is 0 Å². The maximum atomic E-state index is 12.9. The van der Waals surface area contributed by atoms with Gasteiger partial charge >= 0.3 is 0 Å². The minimum Gasteiger partial charge on any atom is -0.495 e. The summed E-state index contributed by atoms with van der Waals surface area (Å²) in [4.78, 5) is 12.9. The molecule has 1 atom stereocenters. The lowest BCUT2D eigenvalue weighted by molar-refractivity contribution is -0.119. The predicted molar refractivity (Wildman–Crippen MR) is 113 cm³/mol. The molecule has 2 heterocycles. The SMILES string of the molecule is CCCS(=O)(=O)N1CCC[C@@H]1C(=O)Nc1cc2oc3ccccc3c2cc1OC. The second-order valence-corrected chi connectivity index (χ2v) is 9.26. The van der Waals surface area contributed by atoms with Crippen molar-refractivity contribution in [3.63, 3.8) is 0 Å². The Morgan fingerprint density at radius 3 is 2.79 bits per heavy atom. The van der Waals surface area contributed by atoms with E-state index in [1.807, 2.05) is 37.3 Å². The van der Waals surface area contributed by atoms with E-state index in [-0.39, 0.29) is 11.7 Å². The van der Waals surface area contributed by atoms with Crippen LogP contribution in [0.15, 0.2) is 40.8 Å². The van der Waals surface area contributed by atoms with Gasteiger partial charge in [0.05, 0.1) is 18.6 Å². The largest absolute Gasteiger partial charge is 0.495 e. The number of rotatable bonds is 6. The summed E-state index contributed by atoms with van der Waals surface area (Å²) >= 11 is 0. The average molecular weight is 416 g/mol. The molecule has 8 heteroatoms. The Kier molecular flexibility index (Phi) is 5.23. The molecule has 3 aromatic rings. The number of sulfonamides is 1. The standard InChI is InChI=1S/C21H24N2O5S/c1-3-11-29(25,26)23-10-6-8-17(23)21(24)22-16-13-19-15(12-20(16)27-2)14-7-4-5-9-18(14)28-19/h4-5,7,9,12-13,17H,3,6,8,10-11H2,1-2H3,(H,22,24)/t17-/m1/s1. The molecule has 1 fully saturated rings. The number of amides is 1. The Balaban J connectivity index is 1.66. The maximum Gasteiger partial charge on any atom is 0.242 e. The highest BCUT2D eigenvalue weighted by molar-refractivity contribution is 7.89. The van der Waals surface area contributed by atoms with Crippen molar-refractivity contribution in [3.05, 3.63) is 36.4 Å². The second kappa shape index (κ2) is 7.68. The normalized spacial score (nSPS) is 17.8. The molecule has 0 aliphatic carbocycles. The molecular weight excluding hydrogens is 392 g/mol. The molecule has 1 amide bonds. The molecule has 29 heavy (non-hydrogen) atoms. The first-order valence-corrected chi connectivity index (χ1v) is 11.3. The highest BCUT2D eigenvalue weighted by Crippen LogP contribution is 2.36. The zero-order valence-corrected chi connectivity index (χ0v) is 17.3. The number of hydrogen-bond acceptors (Lipinski definition) is 5. The van der Waals surface area contributed by atoms with Crippen molar-refractivity contribution in [3.8, 4) is 5.75 Å². The smallest absolute Gasteiger partial charge is 0.242 e. The van der Waals surface area contributed by atoms with E-state index in [0.29, 0.717) is 42.8 Å². The Morgan fingerprint density at radius 1 is 1.24 bits per heavy atom. The average Bonchev–Trinajstić information content (AvgIpc) is 3.32. The van der Waals surface area contributed by atoms with Crippen molar-refractivity contribution in [2.45, 2.75) is 32.2 Å². The van der Waals surface area contributed by atoms with Crippen molar-refractivity contribution < 1.29 is 22.4 Å². The van der Waals surface area contributed by atoms with E-state index in [0.717, 1.165) is 16.4 Å². The van der Waals surface area contributed by atoms with Crippen molar-refractivity contribution in [2.75, 3.05) is 24.7 Å². The highest BCUT2D eigenvalue weighted by Gasteiger charge is 2.38. The van der Waals surface area contributed by atoms with E-state index in [2.05, 4.69) is 5.32 Å². The third-order valence-corrected chi connectivity index (χ3v) is 7.36. The Morgan fingerprint density at radius 2 is 2.03 bits per heavy atom. The lowest BCUT2D eigenvalue weighted by Gasteiger charge is -2.23. The van der Waals surface area contributed by atoms with Crippen molar-refractivity contribution >= 4 is 43.6 Å². The molecule has 0 unspecified atom stereocenters. The van der Waals surface area contributed by atoms with Gasteiger partial charge in [0.1, 0.15) is 23.0 Å². The summed E-state index contributed by atoms with van der Waals surface area (Å²) in [5, 5.41) is 4.71. The molecule has 0 spiro atoms. The van der Waals surface area contributed by atoms with Gasteiger partial charge in [-0.3, -0.25) is 4.79 Å². The van der Waals surface area contributed by atoms with Gasteiger partial charge in [0.2, 0.25) is 15.9 Å².